The summed E-state index contributed by atoms with van der Waals surface area (Å²) in [5.74, 6) is 0.716. The molecule has 0 aliphatic heterocycles. The smallest absolute Gasteiger partial charge is 0.170 e. The molecule has 0 aromatic carbocycles. The second kappa shape index (κ2) is 3.84. The molecule has 3 nitrogen and oxygen atoms in total. The van der Waals surface area contributed by atoms with Crippen LogP contribution in [-0.2, 0) is 0 Å². The van der Waals surface area contributed by atoms with Crippen molar-refractivity contribution in [2.24, 2.45) is 0 Å². The van der Waals surface area contributed by atoms with Crippen molar-refractivity contribution in [3.63, 3.8) is 0 Å². The molecule has 1 N–H and O–H groups in total. The van der Waals surface area contributed by atoms with Gasteiger partial charge in [0.2, 0.25) is 0 Å². The van der Waals surface area contributed by atoms with E-state index < -0.39 is 6.10 Å². The minimum atomic E-state index is -0.529. The molecule has 2 rings (SSSR count). The van der Waals surface area contributed by atoms with Crippen LogP contribution < -0.4 is 0 Å². The summed E-state index contributed by atoms with van der Waals surface area (Å²) in [6.45, 7) is 1.69. The molecule has 2 aromatic rings. The third-order valence-corrected chi connectivity index (χ3v) is 3.04. The summed E-state index contributed by atoms with van der Waals surface area (Å²) >= 11 is 4.68. The monoisotopic (exact) mass is 273 g/mol. The molecule has 0 amide bonds. The zero-order valence-corrected chi connectivity index (χ0v) is 9.80. The number of hydrogen-bond donors (Lipinski definition) is 1. The molecule has 0 bridgehead atoms. The summed E-state index contributed by atoms with van der Waals surface area (Å²) < 4.78 is 6.03. The molecular formula is C9H8BrNO2S. The molecule has 1 unspecified atom stereocenters. The Morgan fingerprint density at radius 1 is 1.57 bits per heavy atom. The fraction of sp³-hybridized carbons (Fsp3) is 0.222. The molecule has 0 saturated carbocycles. The number of thiazole rings is 1. The molecular weight excluding hydrogens is 266 g/mol. The lowest BCUT2D eigenvalue weighted by Gasteiger charge is -1.95. The summed E-state index contributed by atoms with van der Waals surface area (Å²) in [4.78, 5) is 4.25. The minimum absolute atomic E-state index is 0.529. The number of rotatable bonds is 2. The van der Waals surface area contributed by atoms with Crippen LogP contribution in [0, 0.1) is 0 Å². The van der Waals surface area contributed by atoms with Crippen molar-refractivity contribution in [2.75, 3.05) is 0 Å². The van der Waals surface area contributed by atoms with Crippen LogP contribution in [0.15, 0.2) is 26.6 Å². The molecule has 0 spiro atoms. The fourth-order valence-corrected chi connectivity index (χ4v) is 2.19. The van der Waals surface area contributed by atoms with Gasteiger partial charge in [0, 0.05) is 5.38 Å². The highest BCUT2D eigenvalue weighted by Crippen LogP contribution is 2.29. The van der Waals surface area contributed by atoms with Crippen LogP contribution in [0.1, 0.15) is 18.7 Å². The number of halogens is 1. The number of aliphatic hydroxyl groups is 1. The Bertz CT molecular complexity index is 435. The van der Waals surface area contributed by atoms with E-state index in [0.717, 1.165) is 5.01 Å². The van der Waals surface area contributed by atoms with Crippen molar-refractivity contribution in [3.8, 4) is 10.8 Å². The van der Waals surface area contributed by atoms with Crippen LogP contribution in [0.4, 0.5) is 0 Å². The van der Waals surface area contributed by atoms with E-state index in [1.54, 1.807) is 6.92 Å². The highest BCUT2D eigenvalue weighted by atomic mass is 79.9. The van der Waals surface area contributed by atoms with Gasteiger partial charge in [0.05, 0.1) is 11.8 Å². The number of aromatic nitrogens is 1. The van der Waals surface area contributed by atoms with Gasteiger partial charge in [-0.25, -0.2) is 4.98 Å². The maximum absolute atomic E-state index is 9.29. The first kappa shape index (κ1) is 9.89. The second-order valence-electron chi connectivity index (χ2n) is 2.86. The van der Waals surface area contributed by atoms with E-state index >= 15 is 0 Å². The van der Waals surface area contributed by atoms with Gasteiger partial charge in [-0.1, -0.05) is 0 Å². The Morgan fingerprint density at radius 2 is 2.36 bits per heavy atom. The van der Waals surface area contributed by atoms with Gasteiger partial charge in [0.15, 0.2) is 15.4 Å². The first-order valence-corrected chi connectivity index (χ1v) is 5.73. The lowest BCUT2D eigenvalue weighted by Crippen LogP contribution is -1.89. The van der Waals surface area contributed by atoms with Crippen LogP contribution in [0.5, 0.6) is 0 Å². The van der Waals surface area contributed by atoms with Crippen LogP contribution in [0.2, 0.25) is 0 Å². The van der Waals surface area contributed by atoms with Gasteiger partial charge < -0.3 is 9.52 Å². The lowest BCUT2D eigenvalue weighted by atomic mass is 10.3. The fourth-order valence-electron chi connectivity index (χ4n) is 1.02. The zero-order valence-electron chi connectivity index (χ0n) is 7.40. The number of nitrogens with zero attached hydrogens (tertiary/aromatic N) is 1. The molecule has 0 aliphatic rings. The third-order valence-electron chi connectivity index (χ3n) is 1.73. The van der Waals surface area contributed by atoms with Gasteiger partial charge in [0.25, 0.3) is 0 Å². The van der Waals surface area contributed by atoms with Crippen molar-refractivity contribution < 1.29 is 9.52 Å². The Balaban J connectivity index is 2.33. The van der Waals surface area contributed by atoms with E-state index in [2.05, 4.69) is 20.9 Å². The predicted molar refractivity (Wildman–Crippen MR) is 58.1 cm³/mol. The van der Waals surface area contributed by atoms with Gasteiger partial charge >= 0.3 is 0 Å². The third kappa shape index (κ3) is 1.89. The molecule has 2 aromatic heterocycles. The number of hydrogen-bond acceptors (Lipinski definition) is 4. The van der Waals surface area contributed by atoms with Gasteiger partial charge in [0.1, 0.15) is 0 Å². The van der Waals surface area contributed by atoms with E-state index in [1.165, 1.54) is 11.3 Å². The molecule has 1 atom stereocenters. The maximum atomic E-state index is 9.29. The van der Waals surface area contributed by atoms with Gasteiger partial charge in [-0.05, 0) is 35.0 Å². The van der Waals surface area contributed by atoms with E-state index in [0.29, 0.717) is 16.1 Å². The van der Waals surface area contributed by atoms with Crippen molar-refractivity contribution in [3.05, 3.63) is 27.9 Å². The maximum Gasteiger partial charge on any atom is 0.170 e. The average Bonchev–Trinajstić information content (AvgIpc) is 2.70. The summed E-state index contributed by atoms with van der Waals surface area (Å²) in [6, 6.07) is 3.66. The molecule has 0 aliphatic carbocycles. The lowest BCUT2D eigenvalue weighted by molar-refractivity contribution is 0.195. The summed E-state index contributed by atoms with van der Waals surface area (Å²) in [7, 11) is 0. The van der Waals surface area contributed by atoms with Crippen LogP contribution in [-0.4, -0.2) is 10.1 Å². The van der Waals surface area contributed by atoms with E-state index in [1.807, 2.05) is 17.5 Å². The molecule has 0 saturated heterocycles. The van der Waals surface area contributed by atoms with E-state index in [-0.39, 0.29) is 0 Å². The van der Waals surface area contributed by atoms with Crippen molar-refractivity contribution in [1.29, 1.82) is 0 Å². The first-order valence-electron chi connectivity index (χ1n) is 4.06. The Hall–Kier alpha value is -0.650. The highest BCUT2D eigenvalue weighted by Gasteiger charge is 2.10. The quantitative estimate of drug-likeness (QED) is 0.914. The Kier molecular flexibility index (Phi) is 2.71. The predicted octanol–water partition coefficient (Wildman–Crippen LogP) is 3.22. The van der Waals surface area contributed by atoms with Crippen molar-refractivity contribution in [2.45, 2.75) is 13.0 Å². The molecule has 0 radical (unpaired) electrons. The SMILES string of the molecule is CC(O)c1csc(-c2ccc(Br)o2)n1. The summed E-state index contributed by atoms with van der Waals surface area (Å²) in [5.41, 5.74) is 0.678. The first-order chi connectivity index (χ1) is 6.66. The van der Waals surface area contributed by atoms with Gasteiger partial charge in [-0.3, -0.25) is 0 Å². The zero-order chi connectivity index (χ0) is 10.1. The summed E-state index contributed by atoms with van der Waals surface area (Å²) in [5, 5.41) is 11.9. The summed E-state index contributed by atoms with van der Waals surface area (Å²) in [6.07, 6.45) is -0.529. The molecule has 14 heavy (non-hydrogen) atoms. The van der Waals surface area contributed by atoms with Crippen molar-refractivity contribution >= 4 is 27.3 Å². The number of furan rings is 1. The highest BCUT2D eigenvalue weighted by molar-refractivity contribution is 9.10. The van der Waals surface area contributed by atoms with Crippen LogP contribution >= 0.6 is 27.3 Å². The average molecular weight is 274 g/mol. The minimum Gasteiger partial charge on any atom is -0.447 e. The molecule has 0 fully saturated rings. The van der Waals surface area contributed by atoms with Crippen LogP contribution in [0.3, 0.4) is 0 Å². The second-order valence-corrected chi connectivity index (χ2v) is 4.50. The molecule has 2 heterocycles. The topological polar surface area (TPSA) is 46.3 Å². The Morgan fingerprint density at radius 3 is 2.86 bits per heavy atom. The van der Waals surface area contributed by atoms with Gasteiger partial charge in [-0.2, -0.15) is 0 Å². The largest absolute Gasteiger partial charge is 0.447 e. The van der Waals surface area contributed by atoms with Gasteiger partial charge in [-0.15, -0.1) is 11.3 Å². The standard InChI is InChI=1S/C9H8BrNO2S/c1-5(12)6-4-14-9(11-6)7-2-3-8(10)13-7/h2-5,12H,1H3. The normalized spacial score (nSPS) is 13.1. The Labute approximate surface area is 93.5 Å². The van der Waals surface area contributed by atoms with E-state index in [4.69, 9.17) is 4.42 Å². The van der Waals surface area contributed by atoms with Crippen LogP contribution in [0.25, 0.3) is 10.8 Å². The van der Waals surface area contributed by atoms with E-state index in [9.17, 15) is 5.11 Å². The molecule has 5 heteroatoms. The molecule has 74 valence electrons. The van der Waals surface area contributed by atoms with Crippen molar-refractivity contribution in [1.82, 2.24) is 4.98 Å². The number of aliphatic hydroxyl groups excluding tert-OH is 1.